The summed E-state index contributed by atoms with van der Waals surface area (Å²) in [6.45, 7) is 3.70. The highest BCUT2D eigenvalue weighted by Crippen LogP contribution is 2.48. The molecule has 1 amide bonds. The molecule has 0 bridgehead atoms. The standard InChI is InChI=1S/C16H20Cl2N2O/c1-11(19-14-4-3-12(17)9-13(14)18)15(21)20-8-7-16(10-20)5-2-6-16/h3-4,9,11,19H,2,5-8,10H2,1H3/t11-/m0/s1. The molecule has 3 rings (SSSR count). The third-order valence-electron chi connectivity index (χ3n) is 4.84. The summed E-state index contributed by atoms with van der Waals surface area (Å²) in [7, 11) is 0. The largest absolute Gasteiger partial charge is 0.373 e. The van der Waals surface area contributed by atoms with Gasteiger partial charge in [0.2, 0.25) is 5.91 Å². The molecule has 1 heterocycles. The minimum Gasteiger partial charge on any atom is -0.373 e. The van der Waals surface area contributed by atoms with E-state index in [1.807, 2.05) is 17.9 Å². The van der Waals surface area contributed by atoms with Crippen LogP contribution in [0.25, 0.3) is 0 Å². The van der Waals surface area contributed by atoms with E-state index in [-0.39, 0.29) is 11.9 Å². The smallest absolute Gasteiger partial charge is 0.244 e. The fraction of sp³-hybridized carbons (Fsp3) is 0.562. The fourth-order valence-corrected chi connectivity index (χ4v) is 3.85. The lowest BCUT2D eigenvalue weighted by molar-refractivity contribution is -0.131. The molecule has 1 aliphatic heterocycles. The maximum Gasteiger partial charge on any atom is 0.244 e. The fourth-order valence-electron chi connectivity index (χ4n) is 3.38. The number of amides is 1. The van der Waals surface area contributed by atoms with Crippen LogP contribution >= 0.6 is 23.2 Å². The maximum absolute atomic E-state index is 12.5. The first-order chi connectivity index (χ1) is 9.99. The van der Waals surface area contributed by atoms with Gasteiger partial charge in [0.05, 0.1) is 10.7 Å². The van der Waals surface area contributed by atoms with Crippen LogP contribution in [0.1, 0.15) is 32.6 Å². The van der Waals surface area contributed by atoms with Crippen molar-refractivity contribution in [1.82, 2.24) is 4.90 Å². The molecule has 0 aromatic heterocycles. The number of nitrogens with one attached hydrogen (secondary N) is 1. The van der Waals surface area contributed by atoms with Crippen LogP contribution in [-0.4, -0.2) is 29.9 Å². The van der Waals surface area contributed by atoms with E-state index in [0.717, 1.165) is 25.2 Å². The zero-order chi connectivity index (χ0) is 15.0. The summed E-state index contributed by atoms with van der Waals surface area (Å²) in [5.74, 6) is 0.157. The van der Waals surface area contributed by atoms with Gasteiger partial charge in [-0.1, -0.05) is 29.6 Å². The Hall–Kier alpha value is -0.930. The van der Waals surface area contributed by atoms with E-state index in [2.05, 4.69) is 5.32 Å². The van der Waals surface area contributed by atoms with Crippen molar-refractivity contribution in [3.05, 3.63) is 28.2 Å². The molecule has 0 unspecified atom stereocenters. The summed E-state index contributed by atoms with van der Waals surface area (Å²) in [5.41, 5.74) is 1.19. The molecule has 1 N–H and O–H groups in total. The van der Waals surface area contributed by atoms with E-state index in [0.29, 0.717) is 15.5 Å². The molecule has 0 radical (unpaired) electrons. The summed E-state index contributed by atoms with van der Waals surface area (Å²) >= 11 is 12.0. The quantitative estimate of drug-likeness (QED) is 0.902. The SMILES string of the molecule is C[C@H](Nc1ccc(Cl)cc1Cl)C(=O)N1CCC2(CCC2)C1. The van der Waals surface area contributed by atoms with Crippen LogP contribution in [0.15, 0.2) is 18.2 Å². The van der Waals surface area contributed by atoms with E-state index < -0.39 is 0 Å². The maximum atomic E-state index is 12.5. The molecule has 1 atom stereocenters. The molecule has 1 saturated heterocycles. The highest BCUT2D eigenvalue weighted by atomic mass is 35.5. The van der Waals surface area contributed by atoms with E-state index in [1.54, 1.807) is 12.1 Å². The molecule has 114 valence electrons. The van der Waals surface area contributed by atoms with Crippen LogP contribution in [0.3, 0.4) is 0 Å². The highest BCUT2D eigenvalue weighted by molar-refractivity contribution is 6.36. The van der Waals surface area contributed by atoms with Gasteiger partial charge in [-0.05, 0) is 49.8 Å². The molecule has 2 fully saturated rings. The van der Waals surface area contributed by atoms with Crippen molar-refractivity contribution < 1.29 is 4.79 Å². The number of hydrogen-bond acceptors (Lipinski definition) is 2. The van der Waals surface area contributed by atoms with Crippen molar-refractivity contribution >= 4 is 34.8 Å². The van der Waals surface area contributed by atoms with Crippen LogP contribution in [0.5, 0.6) is 0 Å². The van der Waals surface area contributed by atoms with Gasteiger partial charge in [-0.3, -0.25) is 4.79 Å². The average Bonchev–Trinajstić information content (AvgIpc) is 2.86. The minimum atomic E-state index is -0.279. The van der Waals surface area contributed by atoms with Gasteiger partial charge in [0.25, 0.3) is 0 Å². The lowest BCUT2D eigenvalue weighted by Gasteiger charge is -2.38. The highest BCUT2D eigenvalue weighted by Gasteiger charge is 2.44. The Morgan fingerprint density at radius 2 is 2.10 bits per heavy atom. The van der Waals surface area contributed by atoms with Gasteiger partial charge in [0.15, 0.2) is 0 Å². The zero-order valence-corrected chi connectivity index (χ0v) is 13.7. The van der Waals surface area contributed by atoms with Crippen LogP contribution in [0, 0.1) is 5.41 Å². The predicted octanol–water partition coefficient (Wildman–Crippen LogP) is 4.20. The van der Waals surface area contributed by atoms with Crippen molar-refractivity contribution in [1.29, 1.82) is 0 Å². The summed E-state index contributed by atoms with van der Waals surface area (Å²) in [6.07, 6.45) is 5.03. The lowest BCUT2D eigenvalue weighted by atomic mass is 9.68. The molecule has 2 aliphatic rings. The van der Waals surface area contributed by atoms with Gasteiger partial charge in [0.1, 0.15) is 6.04 Å². The Morgan fingerprint density at radius 3 is 2.67 bits per heavy atom. The first-order valence-electron chi connectivity index (χ1n) is 7.50. The van der Waals surface area contributed by atoms with Gasteiger partial charge in [-0.25, -0.2) is 0 Å². The summed E-state index contributed by atoms with van der Waals surface area (Å²) in [4.78, 5) is 14.6. The van der Waals surface area contributed by atoms with Crippen molar-refractivity contribution in [3.8, 4) is 0 Å². The number of anilines is 1. The molecular formula is C16H20Cl2N2O. The summed E-state index contributed by atoms with van der Waals surface area (Å²) in [6, 6.07) is 4.98. The molecule has 3 nitrogen and oxygen atoms in total. The monoisotopic (exact) mass is 326 g/mol. The van der Waals surface area contributed by atoms with Gasteiger partial charge in [-0.15, -0.1) is 0 Å². The number of benzene rings is 1. The number of carbonyl (C=O) groups is 1. The second-order valence-corrected chi connectivity index (χ2v) is 7.20. The average molecular weight is 327 g/mol. The van der Waals surface area contributed by atoms with Crippen LogP contribution < -0.4 is 5.32 Å². The molecule has 1 aliphatic carbocycles. The van der Waals surface area contributed by atoms with Gasteiger partial charge < -0.3 is 10.2 Å². The van der Waals surface area contributed by atoms with Gasteiger partial charge in [0, 0.05) is 18.1 Å². The Kier molecular flexibility index (Phi) is 4.06. The Morgan fingerprint density at radius 1 is 1.33 bits per heavy atom. The molecule has 1 aromatic rings. The second-order valence-electron chi connectivity index (χ2n) is 6.35. The van der Waals surface area contributed by atoms with Crippen LogP contribution in [-0.2, 0) is 4.79 Å². The molecule has 1 saturated carbocycles. The van der Waals surface area contributed by atoms with E-state index in [1.165, 1.54) is 19.3 Å². The molecule has 1 aromatic carbocycles. The van der Waals surface area contributed by atoms with Crippen LogP contribution in [0.2, 0.25) is 10.0 Å². The van der Waals surface area contributed by atoms with Crippen LogP contribution in [0.4, 0.5) is 5.69 Å². The second kappa shape index (κ2) is 5.69. The topological polar surface area (TPSA) is 32.3 Å². The minimum absolute atomic E-state index is 0.157. The third kappa shape index (κ3) is 3.00. The Bertz CT molecular complexity index is 557. The van der Waals surface area contributed by atoms with E-state index in [4.69, 9.17) is 23.2 Å². The van der Waals surface area contributed by atoms with Crippen molar-refractivity contribution in [2.75, 3.05) is 18.4 Å². The Balaban J connectivity index is 1.62. The number of rotatable bonds is 3. The summed E-state index contributed by atoms with van der Waals surface area (Å²) in [5, 5.41) is 4.33. The molecule has 5 heteroatoms. The van der Waals surface area contributed by atoms with E-state index >= 15 is 0 Å². The number of likely N-dealkylation sites (tertiary alicyclic amines) is 1. The van der Waals surface area contributed by atoms with Crippen molar-refractivity contribution in [2.24, 2.45) is 5.41 Å². The van der Waals surface area contributed by atoms with Gasteiger partial charge >= 0.3 is 0 Å². The van der Waals surface area contributed by atoms with Gasteiger partial charge in [-0.2, -0.15) is 0 Å². The van der Waals surface area contributed by atoms with Crippen molar-refractivity contribution in [3.63, 3.8) is 0 Å². The Labute approximate surface area is 135 Å². The number of carbonyl (C=O) groups excluding carboxylic acids is 1. The third-order valence-corrected chi connectivity index (χ3v) is 5.39. The number of halogens is 2. The number of hydrogen-bond donors (Lipinski definition) is 1. The first-order valence-corrected chi connectivity index (χ1v) is 8.25. The van der Waals surface area contributed by atoms with Crippen molar-refractivity contribution in [2.45, 2.75) is 38.6 Å². The molecule has 1 spiro atoms. The first kappa shape index (κ1) is 15.0. The molecule has 21 heavy (non-hydrogen) atoms. The van der Waals surface area contributed by atoms with E-state index in [9.17, 15) is 4.79 Å². The summed E-state index contributed by atoms with van der Waals surface area (Å²) < 4.78 is 0. The normalized spacial score (nSPS) is 21.2. The number of nitrogens with zero attached hydrogens (tertiary/aromatic N) is 1. The zero-order valence-electron chi connectivity index (χ0n) is 12.2. The lowest BCUT2D eigenvalue weighted by Crippen LogP contribution is -2.42. The molecular weight excluding hydrogens is 307 g/mol. The predicted molar refractivity (Wildman–Crippen MR) is 87.0 cm³/mol.